The van der Waals surface area contributed by atoms with E-state index < -0.39 is 0 Å². The van der Waals surface area contributed by atoms with Crippen molar-refractivity contribution in [2.75, 3.05) is 6.61 Å². The Bertz CT molecular complexity index is 538. The van der Waals surface area contributed by atoms with Crippen LogP contribution in [0.2, 0.25) is 0 Å². The third kappa shape index (κ3) is 3.59. The maximum Gasteiger partial charge on any atom is 0.119 e. The van der Waals surface area contributed by atoms with Gasteiger partial charge in [0.25, 0.3) is 0 Å². The Kier molecular flexibility index (Phi) is 5.15. The van der Waals surface area contributed by atoms with E-state index in [1.165, 1.54) is 0 Å². The van der Waals surface area contributed by atoms with Crippen molar-refractivity contribution in [3.63, 3.8) is 0 Å². The van der Waals surface area contributed by atoms with Crippen molar-refractivity contribution in [3.8, 4) is 5.75 Å². The predicted octanol–water partition coefficient (Wildman–Crippen LogP) is 2.05. The lowest BCUT2D eigenvalue weighted by Gasteiger charge is -2.16. The number of nitrogens with zero attached hydrogens (tertiary/aromatic N) is 2. The van der Waals surface area contributed by atoms with E-state index in [0.29, 0.717) is 6.61 Å². The summed E-state index contributed by atoms with van der Waals surface area (Å²) in [7, 11) is 0. The Morgan fingerprint density at radius 1 is 1.40 bits per heavy atom. The van der Waals surface area contributed by atoms with Crippen LogP contribution in [0.5, 0.6) is 5.75 Å². The van der Waals surface area contributed by atoms with Gasteiger partial charge < -0.3 is 4.74 Å². The number of ether oxygens (including phenoxy) is 1. The molecule has 20 heavy (non-hydrogen) atoms. The number of hydrogen-bond acceptors (Lipinski definition) is 4. The predicted molar refractivity (Wildman–Crippen MR) is 79.3 cm³/mol. The van der Waals surface area contributed by atoms with E-state index in [1.54, 1.807) is 0 Å². The van der Waals surface area contributed by atoms with Crippen LogP contribution >= 0.6 is 0 Å². The summed E-state index contributed by atoms with van der Waals surface area (Å²) >= 11 is 0. The molecule has 108 valence electrons. The fourth-order valence-corrected chi connectivity index (χ4v) is 2.18. The molecule has 1 heterocycles. The second-order valence-electron chi connectivity index (χ2n) is 4.63. The smallest absolute Gasteiger partial charge is 0.119 e. The normalized spacial score (nSPS) is 12.3. The van der Waals surface area contributed by atoms with Crippen molar-refractivity contribution in [3.05, 3.63) is 47.8 Å². The van der Waals surface area contributed by atoms with Crippen molar-refractivity contribution < 1.29 is 4.74 Å². The van der Waals surface area contributed by atoms with Crippen LogP contribution in [0.4, 0.5) is 0 Å². The third-order valence-electron chi connectivity index (χ3n) is 3.22. The lowest BCUT2D eigenvalue weighted by atomic mass is 10.0. The molecule has 3 N–H and O–H groups in total. The van der Waals surface area contributed by atoms with Gasteiger partial charge in [0.2, 0.25) is 0 Å². The molecule has 1 aromatic carbocycles. The van der Waals surface area contributed by atoms with Crippen molar-refractivity contribution in [1.82, 2.24) is 15.2 Å². The molecule has 0 bridgehead atoms. The molecule has 1 atom stereocenters. The SMILES string of the molecule is CCOc1cccc(C(Cc2cnn(CC)c2)NN)c1. The van der Waals surface area contributed by atoms with Gasteiger partial charge in [-0.25, -0.2) is 0 Å². The number of benzene rings is 1. The molecular weight excluding hydrogens is 252 g/mol. The molecule has 0 aliphatic carbocycles. The van der Waals surface area contributed by atoms with Crippen LogP contribution in [-0.2, 0) is 13.0 Å². The van der Waals surface area contributed by atoms with Gasteiger partial charge in [0, 0.05) is 12.7 Å². The summed E-state index contributed by atoms with van der Waals surface area (Å²) in [5, 5.41) is 4.29. The number of hydrazine groups is 1. The molecule has 0 saturated carbocycles. The fourth-order valence-electron chi connectivity index (χ4n) is 2.18. The lowest BCUT2D eigenvalue weighted by molar-refractivity contribution is 0.339. The van der Waals surface area contributed by atoms with Crippen molar-refractivity contribution in [2.45, 2.75) is 32.9 Å². The number of rotatable bonds is 7. The van der Waals surface area contributed by atoms with Crippen molar-refractivity contribution in [2.24, 2.45) is 5.84 Å². The van der Waals surface area contributed by atoms with Crippen LogP contribution in [0.15, 0.2) is 36.7 Å². The number of hydrogen-bond donors (Lipinski definition) is 2. The van der Waals surface area contributed by atoms with Crippen LogP contribution in [0, 0.1) is 0 Å². The van der Waals surface area contributed by atoms with E-state index in [2.05, 4.69) is 29.7 Å². The van der Waals surface area contributed by atoms with Gasteiger partial charge in [0.1, 0.15) is 5.75 Å². The maximum absolute atomic E-state index is 5.70. The van der Waals surface area contributed by atoms with Gasteiger partial charge in [0.15, 0.2) is 0 Å². The Hall–Kier alpha value is -1.85. The van der Waals surface area contributed by atoms with Crippen LogP contribution in [0.3, 0.4) is 0 Å². The average molecular weight is 274 g/mol. The first-order chi connectivity index (χ1) is 9.76. The highest BCUT2D eigenvalue weighted by atomic mass is 16.5. The molecular formula is C15H22N4O. The summed E-state index contributed by atoms with van der Waals surface area (Å²) in [6.45, 7) is 5.58. The van der Waals surface area contributed by atoms with Gasteiger partial charge in [0.05, 0.1) is 18.8 Å². The molecule has 5 nitrogen and oxygen atoms in total. The first kappa shape index (κ1) is 14.6. The molecule has 2 rings (SSSR count). The molecule has 1 aromatic heterocycles. The Morgan fingerprint density at radius 3 is 2.90 bits per heavy atom. The Morgan fingerprint density at radius 2 is 2.25 bits per heavy atom. The lowest BCUT2D eigenvalue weighted by Crippen LogP contribution is -2.29. The first-order valence-corrected chi connectivity index (χ1v) is 6.97. The summed E-state index contributed by atoms with van der Waals surface area (Å²) in [6.07, 6.45) is 4.74. The van der Waals surface area contributed by atoms with Gasteiger partial charge >= 0.3 is 0 Å². The van der Waals surface area contributed by atoms with Gasteiger partial charge in [-0.05, 0) is 43.5 Å². The number of nitrogens with one attached hydrogen (secondary N) is 1. The highest BCUT2D eigenvalue weighted by molar-refractivity contribution is 5.31. The standard InChI is InChI=1S/C15H22N4O/c1-3-19-11-12(10-17-19)8-15(18-16)13-6-5-7-14(9-13)20-4-2/h5-7,9-11,15,18H,3-4,8,16H2,1-2H3. The highest BCUT2D eigenvalue weighted by Crippen LogP contribution is 2.22. The zero-order valence-corrected chi connectivity index (χ0v) is 12.0. The molecule has 5 heteroatoms. The Balaban J connectivity index is 2.12. The molecule has 0 fully saturated rings. The average Bonchev–Trinajstić information content (AvgIpc) is 2.93. The fraction of sp³-hybridized carbons (Fsp3) is 0.400. The number of aromatic nitrogens is 2. The molecule has 1 unspecified atom stereocenters. The van der Waals surface area contributed by atoms with Crippen LogP contribution < -0.4 is 16.0 Å². The quantitative estimate of drug-likeness (QED) is 0.599. The number of nitrogens with two attached hydrogens (primary N) is 1. The van der Waals surface area contributed by atoms with E-state index in [4.69, 9.17) is 10.6 Å². The van der Waals surface area contributed by atoms with Crippen molar-refractivity contribution >= 4 is 0 Å². The van der Waals surface area contributed by atoms with E-state index >= 15 is 0 Å². The zero-order valence-electron chi connectivity index (χ0n) is 12.0. The maximum atomic E-state index is 5.70. The molecule has 2 aromatic rings. The van der Waals surface area contributed by atoms with Crippen molar-refractivity contribution in [1.29, 1.82) is 0 Å². The third-order valence-corrected chi connectivity index (χ3v) is 3.22. The monoisotopic (exact) mass is 274 g/mol. The summed E-state index contributed by atoms with van der Waals surface area (Å²) in [5.41, 5.74) is 5.15. The topological polar surface area (TPSA) is 65.1 Å². The molecule has 0 radical (unpaired) electrons. The first-order valence-electron chi connectivity index (χ1n) is 6.97. The second kappa shape index (κ2) is 7.07. The summed E-state index contributed by atoms with van der Waals surface area (Å²) in [5.74, 6) is 6.57. The molecule has 0 aliphatic rings. The van der Waals surface area contributed by atoms with Gasteiger partial charge in [-0.15, -0.1) is 0 Å². The molecule has 0 amide bonds. The van der Waals surface area contributed by atoms with E-state index in [-0.39, 0.29) is 6.04 Å². The second-order valence-corrected chi connectivity index (χ2v) is 4.63. The van der Waals surface area contributed by atoms with Crippen LogP contribution in [0.1, 0.15) is 31.0 Å². The van der Waals surface area contributed by atoms with E-state index in [9.17, 15) is 0 Å². The number of aryl methyl sites for hydroxylation is 1. The summed E-state index contributed by atoms with van der Waals surface area (Å²) in [4.78, 5) is 0. The minimum absolute atomic E-state index is 0.0462. The summed E-state index contributed by atoms with van der Waals surface area (Å²) in [6, 6.07) is 8.07. The molecule has 0 spiro atoms. The molecule has 0 saturated heterocycles. The van der Waals surface area contributed by atoms with Gasteiger partial charge in [-0.2, -0.15) is 5.10 Å². The van der Waals surface area contributed by atoms with Gasteiger partial charge in [-0.3, -0.25) is 16.0 Å². The minimum atomic E-state index is 0.0462. The van der Waals surface area contributed by atoms with Crippen LogP contribution in [-0.4, -0.2) is 16.4 Å². The molecule has 0 aliphatic heterocycles. The zero-order chi connectivity index (χ0) is 14.4. The van der Waals surface area contributed by atoms with E-state index in [0.717, 1.165) is 29.8 Å². The largest absolute Gasteiger partial charge is 0.494 e. The minimum Gasteiger partial charge on any atom is -0.494 e. The Labute approximate surface area is 119 Å². The summed E-state index contributed by atoms with van der Waals surface area (Å²) < 4.78 is 7.44. The van der Waals surface area contributed by atoms with E-state index in [1.807, 2.05) is 36.0 Å². The van der Waals surface area contributed by atoms with Crippen LogP contribution in [0.25, 0.3) is 0 Å². The highest BCUT2D eigenvalue weighted by Gasteiger charge is 2.12. The van der Waals surface area contributed by atoms with Gasteiger partial charge in [-0.1, -0.05) is 12.1 Å².